The lowest BCUT2D eigenvalue weighted by molar-refractivity contribution is 0.569. The van der Waals surface area contributed by atoms with E-state index in [0.717, 1.165) is 133 Å². The van der Waals surface area contributed by atoms with Gasteiger partial charge < -0.3 is 18.9 Å². The number of aromatic nitrogens is 2. The Hall–Kier alpha value is -11.4. The van der Waals surface area contributed by atoms with Crippen molar-refractivity contribution in [3.63, 3.8) is 0 Å². The molecule has 0 unspecified atom stereocenters. The van der Waals surface area contributed by atoms with Crippen LogP contribution in [0, 0.1) is 11.3 Å². The maximum atomic E-state index is 11.5. The van der Waals surface area contributed by atoms with E-state index in [4.69, 9.17) is 4.11 Å². The molecule has 0 saturated carbocycles. The number of hydrogen-bond donors (Lipinski definition) is 0. The first-order valence-electron chi connectivity index (χ1n) is 39.5. The fourth-order valence-electron chi connectivity index (χ4n) is 16.3. The van der Waals surface area contributed by atoms with Gasteiger partial charge in [0.15, 0.2) is 0 Å². The topological polar surface area (TPSA) is 40.1 Å². The Morgan fingerprint density at radius 1 is 0.295 bits per heavy atom. The van der Waals surface area contributed by atoms with Gasteiger partial charge in [-0.2, -0.15) is 5.26 Å². The van der Waals surface area contributed by atoms with E-state index in [0.29, 0.717) is 16.8 Å². The summed E-state index contributed by atoms with van der Waals surface area (Å²) in [5, 5.41) is 15.9. The van der Waals surface area contributed by atoms with Crippen LogP contribution < -0.4 is 26.2 Å². The molecule has 0 radical (unpaired) electrons. The third-order valence-corrected chi connectivity index (χ3v) is 22.1. The summed E-state index contributed by atoms with van der Waals surface area (Å²) in [7, 11) is 0. The standard InChI is InChI=1S/C99H90BN5/c1-95(2,3)71-39-34-64(35-40-71)69-48-68(63-28-20-17-21-29-63)51-77(52-69)104-91-54-66(70-49-74(98(10,11)12)55-75(50-70)99(13,14)15)38-45-84(91)100-83-44-37-65(62-26-18-16-19-27-62)53-90(83)102(76-43-36-67(61-101)89(58-76)105-85-32-24-22-30-79(85)80-31-23-25-33-86(80)105)92-59-78(60-93(104)94(92)100)103-87-46-41-72(96(4,5)6)56-81(87)82-57-73(97(7,8)9)42-47-88(82)103/h16-60H,1-15H3/i16D,18D,19D,26D,27D. The maximum absolute atomic E-state index is 11.5. The summed E-state index contributed by atoms with van der Waals surface area (Å²) in [5.41, 5.74) is 27.0. The van der Waals surface area contributed by atoms with Crippen LogP contribution in [0.25, 0.3) is 99.5 Å². The molecule has 0 fully saturated rings. The number of para-hydroxylation sites is 2. The number of benzene rings is 13. The Kier molecular flexibility index (Phi) is 14.2. The minimum Gasteiger partial charge on any atom is -0.311 e. The Balaban J connectivity index is 1.06. The second-order valence-electron chi connectivity index (χ2n) is 34.3. The van der Waals surface area contributed by atoms with Crippen LogP contribution in [-0.4, -0.2) is 15.8 Å². The van der Waals surface area contributed by atoms with Crippen molar-refractivity contribution in [2.45, 2.75) is 131 Å². The van der Waals surface area contributed by atoms with Gasteiger partial charge in [0, 0.05) is 55.7 Å². The molecule has 0 bridgehead atoms. The van der Waals surface area contributed by atoms with E-state index in [2.05, 4.69) is 353 Å². The minimum absolute atomic E-state index is 0.0655. The molecule has 17 rings (SSSR count). The summed E-state index contributed by atoms with van der Waals surface area (Å²) in [6.07, 6.45) is 0. The van der Waals surface area contributed by atoms with Crippen LogP contribution in [0.15, 0.2) is 273 Å². The zero-order valence-electron chi connectivity index (χ0n) is 67.9. The normalized spacial score (nSPS) is 13.9. The SMILES string of the molecule is [2H]c1c([2H])c([2H])c(-c2ccc3c(c2)N(c2ccc(C#N)c(-n4c5ccccc5c5ccccc54)c2)c2cc(-n4c5ccc(C(C)(C)C)cc5c5cc(C(C)(C)C)ccc54)cc4c2B3c2ccc(-c3cc(C(C)(C)C)cc(C(C)(C)C)c3)cc2N4c2cc(-c3ccccc3)cc(-c3ccc(C(C)(C)C)cc3)c2)c([2H])c1[2H]. The van der Waals surface area contributed by atoms with Crippen molar-refractivity contribution in [3.05, 3.63) is 306 Å². The predicted molar refractivity (Wildman–Crippen MR) is 449 cm³/mol. The summed E-state index contributed by atoms with van der Waals surface area (Å²) >= 11 is 0. The van der Waals surface area contributed by atoms with Gasteiger partial charge >= 0.3 is 0 Å². The molecule has 0 spiro atoms. The first-order valence-corrected chi connectivity index (χ1v) is 37.0. The molecule has 4 heterocycles. The summed E-state index contributed by atoms with van der Waals surface area (Å²) in [6, 6.07) is 89.9. The third kappa shape index (κ3) is 11.5. The highest BCUT2D eigenvalue weighted by molar-refractivity contribution is 7.00. The van der Waals surface area contributed by atoms with E-state index in [1.807, 2.05) is 18.2 Å². The maximum Gasteiger partial charge on any atom is 0.252 e. The molecule has 514 valence electrons. The molecule has 0 amide bonds. The molecule has 0 saturated heterocycles. The van der Waals surface area contributed by atoms with E-state index >= 15 is 0 Å². The largest absolute Gasteiger partial charge is 0.311 e. The van der Waals surface area contributed by atoms with Gasteiger partial charge in [-0.25, -0.2) is 0 Å². The smallest absolute Gasteiger partial charge is 0.252 e. The summed E-state index contributed by atoms with van der Waals surface area (Å²) in [4.78, 5) is 4.88. The van der Waals surface area contributed by atoms with Gasteiger partial charge in [-0.1, -0.05) is 280 Å². The molecule has 2 aliphatic rings. The zero-order valence-corrected chi connectivity index (χ0v) is 62.9. The summed E-state index contributed by atoms with van der Waals surface area (Å²) in [5.74, 6) is 0. The summed E-state index contributed by atoms with van der Waals surface area (Å²) in [6.45, 7) is 33.8. The number of nitriles is 1. The van der Waals surface area contributed by atoms with Gasteiger partial charge in [0.2, 0.25) is 0 Å². The van der Waals surface area contributed by atoms with E-state index in [1.54, 1.807) is 0 Å². The third-order valence-electron chi connectivity index (χ3n) is 22.1. The molecular formula is C99H90BN5. The molecule has 2 aromatic heterocycles. The summed E-state index contributed by atoms with van der Waals surface area (Å²) < 4.78 is 50.9. The van der Waals surface area contributed by atoms with Crippen molar-refractivity contribution in [1.29, 1.82) is 5.26 Å². The van der Waals surface area contributed by atoms with E-state index in [-0.39, 0.29) is 44.7 Å². The van der Waals surface area contributed by atoms with Crippen LogP contribution in [0.2, 0.25) is 0 Å². The lowest BCUT2D eigenvalue weighted by atomic mass is 9.33. The molecule has 2 aliphatic heterocycles. The molecule has 6 heteroatoms. The molecule has 0 aliphatic carbocycles. The monoisotopic (exact) mass is 1360 g/mol. The van der Waals surface area contributed by atoms with Gasteiger partial charge in [-0.15, -0.1) is 0 Å². The Morgan fingerprint density at radius 2 is 0.733 bits per heavy atom. The average Bonchev–Trinajstić information content (AvgIpc) is 1.05. The Morgan fingerprint density at radius 3 is 1.25 bits per heavy atom. The highest BCUT2D eigenvalue weighted by Gasteiger charge is 2.45. The highest BCUT2D eigenvalue weighted by atomic mass is 15.2. The van der Waals surface area contributed by atoms with Gasteiger partial charge in [0.25, 0.3) is 6.71 Å². The van der Waals surface area contributed by atoms with Crippen molar-refractivity contribution in [2.24, 2.45) is 0 Å². The molecule has 105 heavy (non-hydrogen) atoms. The molecule has 13 aromatic carbocycles. The van der Waals surface area contributed by atoms with Crippen molar-refractivity contribution in [2.75, 3.05) is 9.80 Å². The lowest BCUT2D eigenvalue weighted by Gasteiger charge is -2.45. The molecule has 0 N–H and O–H groups in total. The number of hydrogen-bond acceptors (Lipinski definition) is 3. The van der Waals surface area contributed by atoms with Crippen LogP contribution in [0.5, 0.6) is 0 Å². The van der Waals surface area contributed by atoms with E-state index in [1.165, 1.54) is 27.8 Å². The van der Waals surface area contributed by atoms with Crippen LogP contribution in [0.4, 0.5) is 34.1 Å². The zero-order chi connectivity index (χ0) is 77.3. The van der Waals surface area contributed by atoms with Crippen LogP contribution in [0.1, 0.15) is 144 Å². The average molecular weight is 1370 g/mol. The molecule has 15 aromatic rings. The fraction of sp³-hybridized carbons (Fsp3) is 0.202. The number of fused-ring (bicyclic) bond motifs is 10. The van der Waals surface area contributed by atoms with Crippen molar-refractivity contribution in [1.82, 2.24) is 9.13 Å². The van der Waals surface area contributed by atoms with Crippen molar-refractivity contribution >= 4 is 101 Å². The fourth-order valence-corrected chi connectivity index (χ4v) is 16.3. The van der Waals surface area contributed by atoms with Gasteiger partial charge in [0.1, 0.15) is 6.07 Å². The quantitative estimate of drug-likeness (QED) is 0.142. The van der Waals surface area contributed by atoms with Gasteiger partial charge in [-0.05, 0) is 213 Å². The van der Waals surface area contributed by atoms with Crippen LogP contribution in [0.3, 0.4) is 0 Å². The first kappa shape index (κ1) is 61.1. The lowest BCUT2D eigenvalue weighted by Crippen LogP contribution is -2.61. The van der Waals surface area contributed by atoms with Crippen molar-refractivity contribution in [3.8, 4) is 62.0 Å². The molecule has 5 nitrogen and oxygen atoms in total. The second kappa shape index (κ2) is 24.4. The Bertz CT molecular complexity index is 6210. The van der Waals surface area contributed by atoms with E-state index < -0.39 is 24.8 Å². The van der Waals surface area contributed by atoms with Gasteiger partial charge in [0.05, 0.1) is 45.9 Å². The minimum atomic E-state index is -0.459. The van der Waals surface area contributed by atoms with Crippen LogP contribution >= 0.6 is 0 Å². The number of anilines is 6. The predicted octanol–water partition coefficient (Wildman–Crippen LogP) is 25.0. The van der Waals surface area contributed by atoms with Crippen molar-refractivity contribution < 1.29 is 6.85 Å². The second-order valence-corrected chi connectivity index (χ2v) is 34.3. The Labute approximate surface area is 627 Å². The van der Waals surface area contributed by atoms with E-state index in [9.17, 15) is 8.00 Å². The first-order chi connectivity index (χ1) is 52.2. The van der Waals surface area contributed by atoms with Crippen LogP contribution in [-0.2, 0) is 27.1 Å². The number of rotatable bonds is 8. The molecule has 0 atom stereocenters. The van der Waals surface area contributed by atoms with Gasteiger partial charge in [-0.3, -0.25) is 0 Å². The molecular weight excluding hydrogens is 1270 g/mol. The highest BCUT2D eigenvalue weighted by Crippen LogP contribution is 2.51. The number of nitrogens with zero attached hydrogens (tertiary/aromatic N) is 5.